The van der Waals surface area contributed by atoms with Crippen LogP contribution >= 0.6 is 12.4 Å². The summed E-state index contributed by atoms with van der Waals surface area (Å²) >= 11 is 0. The van der Waals surface area contributed by atoms with Crippen molar-refractivity contribution >= 4 is 29.9 Å². The summed E-state index contributed by atoms with van der Waals surface area (Å²) in [6.07, 6.45) is 0.952. The van der Waals surface area contributed by atoms with Crippen molar-refractivity contribution in [2.24, 2.45) is 11.7 Å². The van der Waals surface area contributed by atoms with E-state index in [0.29, 0.717) is 35.8 Å². The van der Waals surface area contributed by atoms with Crippen molar-refractivity contribution in [2.45, 2.75) is 19.4 Å². The van der Waals surface area contributed by atoms with Crippen molar-refractivity contribution in [3.8, 4) is 0 Å². The molecule has 1 saturated heterocycles. The largest absolute Gasteiger partial charge is 0.336 e. The lowest BCUT2D eigenvalue weighted by molar-refractivity contribution is 0.0743. The Labute approximate surface area is 160 Å². The number of nitrogens with one attached hydrogen (secondary N) is 1. The summed E-state index contributed by atoms with van der Waals surface area (Å²) in [5.41, 5.74) is 7.63. The number of nitrogens with zero attached hydrogens (tertiary/aromatic N) is 1. The van der Waals surface area contributed by atoms with Gasteiger partial charge >= 0.3 is 0 Å². The van der Waals surface area contributed by atoms with Gasteiger partial charge in [0.25, 0.3) is 11.8 Å². The molecule has 0 saturated carbocycles. The first kappa shape index (κ1) is 19.9. The van der Waals surface area contributed by atoms with E-state index >= 15 is 0 Å². The third-order valence-electron chi connectivity index (χ3n) is 4.68. The van der Waals surface area contributed by atoms with Crippen LogP contribution in [0.4, 0.5) is 5.69 Å². The standard InChI is InChI=1S/C20H23N3O2.ClH/c1-14-11-15(12-21)13-23(14)20(25)17-7-9-18(10-8-17)22-19(24)16-5-3-2-4-6-16;/h2-10,14-15H,11-13,21H2,1H3,(H,22,24);1H. The second-order valence-corrected chi connectivity index (χ2v) is 6.54. The topological polar surface area (TPSA) is 75.4 Å². The number of nitrogens with two attached hydrogens (primary N) is 1. The zero-order chi connectivity index (χ0) is 17.8. The summed E-state index contributed by atoms with van der Waals surface area (Å²) in [4.78, 5) is 26.7. The molecule has 0 bridgehead atoms. The van der Waals surface area contributed by atoms with Crippen LogP contribution in [0.2, 0.25) is 0 Å². The highest BCUT2D eigenvalue weighted by molar-refractivity contribution is 6.04. The van der Waals surface area contributed by atoms with Crippen LogP contribution in [0.1, 0.15) is 34.1 Å². The van der Waals surface area contributed by atoms with E-state index in [2.05, 4.69) is 12.2 Å². The summed E-state index contributed by atoms with van der Waals surface area (Å²) in [7, 11) is 0. The number of carbonyl (C=O) groups excluding carboxylic acids is 2. The van der Waals surface area contributed by atoms with Crippen molar-refractivity contribution in [3.05, 3.63) is 65.7 Å². The van der Waals surface area contributed by atoms with Crippen LogP contribution in [0, 0.1) is 5.92 Å². The Morgan fingerprint density at radius 1 is 1.08 bits per heavy atom. The Morgan fingerprint density at radius 2 is 1.73 bits per heavy atom. The minimum absolute atomic E-state index is 0. The summed E-state index contributed by atoms with van der Waals surface area (Å²) < 4.78 is 0. The number of anilines is 1. The van der Waals surface area contributed by atoms with E-state index in [1.165, 1.54) is 0 Å². The Hall–Kier alpha value is -2.37. The number of benzene rings is 2. The van der Waals surface area contributed by atoms with Crippen LogP contribution in [0.15, 0.2) is 54.6 Å². The Morgan fingerprint density at radius 3 is 2.31 bits per heavy atom. The molecule has 3 N–H and O–H groups in total. The summed E-state index contributed by atoms with van der Waals surface area (Å²) in [5.74, 6) is 0.228. The zero-order valence-electron chi connectivity index (χ0n) is 14.7. The van der Waals surface area contributed by atoms with E-state index in [1.807, 2.05) is 23.1 Å². The molecule has 1 fully saturated rings. The van der Waals surface area contributed by atoms with Crippen LogP contribution in [0.5, 0.6) is 0 Å². The van der Waals surface area contributed by atoms with Gasteiger partial charge in [-0.2, -0.15) is 0 Å². The molecule has 0 radical (unpaired) electrons. The fourth-order valence-corrected chi connectivity index (χ4v) is 3.25. The number of hydrogen-bond acceptors (Lipinski definition) is 3. The predicted octanol–water partition coefficient (Wildman–Crippen LogP) is 3.17. The Balaban J connectivity index is 0.00000243. The van der Waals surface area contributed by atoms with Gasteiger partial charge in [-0.3, -0.25) is 9.59 Å². The van der Waals surface area contributed by atoms with Gasteiger partial charge in [-0.1, -0.05) is 18.2 Å². The highest BCUT2D eigenvalue weighted by Gasteiger charge is 2.31. The Kier molecular flexibility index (Phi) is 6.77. The van der Waals surface area contributed by atoms with E-state index in [4.69, 9.17) is 5.73 Å². The van der Waals surface area contributed by atoms with Crippen LogP contribution in [-0.2, 0) is 0 Å². The SMILES string of the molecule is CC1CC(CN)CN1C(=O)c1ccc(NC(=O)c2ccccc2)cc1.Cl. The minimum atomic E-state index is -0.168. The lowest BCUT2D eigenvalue weighted by atomic mass is 10.1. The molecular weight excluding hydrogens is 350 g/mol. The van der Waals surface area contributed by atoms with Gasteiger partial charge in [0.2, 0.25) is 0 Å². The van der Waals surface area contributed by atoms with Crippen molar-refractivity contribution in [1.29, 1.82) is 0 Å². The van der Waals surface area contributed by atoms with Crippen LogP contribution < -0.4 is 11.1 Å². The van der Waals surface area contributed by atoms with Gasteiger partial charge in [-0.05, 0) is 62.2 Å². The van der Waals surface area contributed by atoms with E-state index in [1.54, 1.807) is 36.4 Å². The van der Waals surface area contributed by atoms with E-state index in [-0.39, 0.29) is 30.3 Å². The van der Waals surface area contributed by atoms with Crippen molar-refractivity contribution in [1.82, 2.24) is 4.90 Å². The molecule has 26 heavy (non-hydrogen) atoms. The number of halogens is 1. The molecule has 0 aliphatic carbocycles. The second-order valence-electron chi connectivity index (χ2n) is 6.54. The fourth-order valence-electron chi connectivity index (χ4n) is 3.25. The van der Waals surface area contributed by atoms with Crippen LogP contribution in [-0.4, -0.2) is 35.8 Å². The molecule has 0 aromatic heterocycles. The maximum Gasteiger partial charge on any atom is 0.255 e. The van der Waals surface area contributed by atoms with Gasteiger partial charge in [0.1, 0.15) is 0 Å². The van der Waals surface area contributed by atoms with E-state index in [9.17, 15) is 9.59 Å². The van der Waals surface area contributed by atoms with Crippen LogP contribution in [0.3, 0.4) is 0 Å². The number of carbonyl (C=O) groups is 2. The molecule has 2 aromatic carbocycles. The van der Waals surface area contributed by atoms with Crippen molar-refractivity contribution in [2.75, 3.05) is 18.4 Å². The first-order chi connectivity index (χ1) is 12.1. The van der Waals surface area contributed by atoms with Gasteiger partial charge in [0.15, 0.2) is 0 Å². The Bertz CT molecular complexity index is 749. The third-order valence-corrected chi connectivity index (χ3v) is 4.68. The van der Waals surface area contributed by atoms with Crippen LogP contribution in [0.25, 0.3) is 0 Å². The number of amides is 2. The average molecular weight is 374 g/mol. The molecule has 5 nitrogen and oxygen atoms in total. The lowest BCUT2D eigenvalue weighted by Gasteiger charge is -2.21. The number of likely N-dealkylation sites (tertiary alicyclic amines) is 1. The van der Waals surface area contributed by atoms with Crippen molar-refractivity contribution < 1.29 is 9.59 Å². The first-order valence-corrected chi connectivity index (χ1v) is 8.56. The van der Waals surface area contributed by atoms with Gasteiger partial charge in [0.05, 0.1) is 0 Å². The number of hydrogen-bond donors (Lipinski definition) is 2. The predicted molar refractivity (Wildman–Crippen MR) is 106 cm³/mol. The van der Waals surface area contributed by atoms with Gasteiger partial charge in [0, 0.05) is 29.4 Å². The van der Waals surface area contributed by atoms with Gasteiger partial charge in [-0.25, -0.2) is 0 Å². The van der Waals surface area contributed by atoms with Crippen molar-refractivity contribution in [3.63, 3.8) is 0 Å². The number of rotatable bonds is 4. The minimum Gasteiger partial charge on any atom is -0.336 e. The smallest absolute Gasteiger partial charge is 0.255 e. The molecule has 1 aliphatic rings. The molecule has 138 valence electrons. The molecular formula is C20H24ClN3O2. The maximum absolute atomic E-state index is 12.7. The molecule has 2 unspecified atom stereocenters. The average Bonchev–Trinajstić information content (AvgIpc) is 3.03. The summed E-state index contributed by atoms with van der Waals surface area (Å²) in [6, 6.07) is 16.3. The highest BCUT2D eigenvalue weighted by Crippen LogP contribution is 2.24. The van der Waals surface area contributed by atoms with E-state index in [0.717, 1.165) is 6.42 Å². The quantitative estimate of drug-likeness (QED) is 0.864. The third kappa shape index (κ3) is 4.42. The maximum atomic E-state index is 12.7. The lowest BCUT2D eigenvalue weighted by Crippen LogP contribution is -2.34. The normalized spacial score (nSPS) is 18.9. The highest BCUT2D eigenvalue weighted by atomic mass is 35.5. The summed E-state index contributed by atoms with van der Waals surface area (Å²) in [5, 5.41) is 2.84. The molecule has 0 spiro atoms. The zero-order valence-corrected chi connectivity index (χ0v) is 15.5. The summed E-state index contributed by atoms with van der Waals surface area (Å²) in [6.45, 7) is 3.38. The molecule has 2 amide bonds. The molecule has 3 rings (SSSR count). The molecule has 6 heteroatoms. The molecule has 1 heterocycles. The molecule has 2 aromatic rings. The molecule has 2 atom stereocenters. The monoisotopic (exact) mass is 373 g/mol. The first-order valence-electron chi connectivity index (χ1n) is 8.56. The molecule has 1 aliphatic heterocycles. The van der Waals surface area contributed by atoms with Gasteiger partial charge in [-0.15, -0.1) is 12.4 Å². The van der Waals surface area contributed by atoms with Gasteiger partial charge < -0.3 is 16.0 Å². The second kappa shape index (κ2) is 8.83. The fraction of sp³-hybridized carbons (Fsp3) is 0.300. The van der Waals surface area contributed by atoms with E-state index < -0.39 is 0 Å².